The molecular formula is C20H24N2O4. The Morgan fingerprint density at radius 2 is 1.69 bits per heavy atom. The van der Waals surface area contributed by atoms with Crippen LogP contribution in [0.5, 0.6) is 5.75 Å². The van der Waals surface area contributed by atoms with Gasteiger partial charge in [-0.1, -0.05) is 25.1 Å². The number of hydrogen-bond donors (Lipinski definition) is 1. The lowest BCUT2D eigenvalue weighted by Gasteiger charge is -2.22. The maximum absolute atomic E-state index is 12.7. The van der Waals surface area contributed by atoms with Gasteiger partial charge in [0.05, 0.1) is 13.2 Å². The van der Waals surface area contributed by atoms with E-state index in [-0.39, 0.29) is 13.2 Å². The largest absolute Gasteiger partial charge is 0.494 e. The molecule has 0 aromatic heterocycles. The number of esters is 1. The van der Waals surface area contributed by atoms with Gasteiger partial charge in [0.25, 0.3) is 0 Å². The fraction of sp³-hybridized carbons (Fsp3) is 0.300. The average Bonchev–Trinajstić information content (AvgIpc) is 2.66. The van der Waals surface area contributed by atoms with Gasteiger partial charge in [0.15, 0.2) is 0 Å². The van der Waals surface area contributed by atoms with Crippen LogP contribution in [0.15, 0.2) is 54.6 Å². The maximum atomic E-state index is 12.7. The summed E-state index contributed by atoms with van der Waals surface area (Å²) < 4.78 is 10.5. The summed E-state index contributed by atoms with van der Waals surface area (Å²) in [5.41, 5.74) is 1.23. The minimum absolute atomic E-state index is 0.179. The second kappa shape index (κ2) is 10.1. The zero-order valence-electron chi connectivity index (χ0n) is 15.1. The lowest BCUT2D eigenvalue weighted by molar-refractivity contribution is -0.141. The number of nitrogens with one attached hydrogen (secondary N) is 1. The number of urea groups is 1. The molecule has 2 rings (SSSR count). The van der Waals surface area contributed by atoms with Gasteiger partial charge < -0.3 is 14.8 Å². The Hall–Kier alpha value is -3.02. The van der Waals surface area contributed by atoms with Gasteiger partial charge in [0.1, 0.15) is 12.3 Å². The van der Waals surface area contributed by atoms with Crippen LogP contribution in [0.25, 0.3) is 0 Å². The first-order valence-corrected chi connectivity index (χ1v) is 8.66. The van der Waals surface area contributed by atoms with E-state index < -0.39 is 12.0 Å². The number of hydrogen-bond acceptors (Lipinski definition) is 4. The first kappa shape index (κ1) is 19.3. The van der Waals surface area contributed by atoms with Crippen LogP contribution in [0.2, 0.25) is 0 Å². The molecule has 1 N–H and O–H groups in total. The van der Waals surface area contributed by atoms with Crippen molar-refractivity contribution in [3.8, 4) is 5.75 Å². The van der Waals surface area contributed by atoms with Crippen molar-refractivity contribution in [3.05, 3.63) is 54.6 Å². The van der Waals surface area contributed by atoms with Gasteiger partial charge in [0.2, 0.25) is 0 Å². The van der Waals surface area contributed by atoms with Crippen molar-refractivity contribution in [2.24, 2.45) is 0 Å². The van der Waals surface area contributed by atoms with E-state index in [2.05, 4.69) is 5.32 Å². The van der Waals surface area contributed by atoms with Crippen molar-refractivity contribution in [3.63, 3.8) is 0 Å². The van der Waals surface area contributed by atoms with E-state index in [9.17, 15) is 9.59 Å². The first-order chi connectivity index (χ1) is 12.6. The van der Waals surface area contributed by atoms with E-state index in [1.807, 2.05) is 25.1 Å². The minimum Gasteiger partial charge on any atom is -0.494 e. The Bertz CT molecular complexity index is 702. The molecule has 6 nitrogen and oxygen atoms in total. The molecule has 0 radical (unpaired) electrons. The fourth-order valence-electron chi connectivity index (χ4n) is 2.27. The normalized spacial score (nSPS) is 10.1. The molecule has 2 aromatic rings. The molecule has 0 saturated carbocycles. The summed E-state index contributed by atoms with van der Waals surface area (Å²) in [6.07, 6.45) is 0.913. The van der Waals surface area contributed by atoms with Crippen molar-refractivity contribution in [1.29, 1.82) is 0 Å². The molecular weight excluding hydrogens is 332 g/mol. The molecule has 0 spiro atoms. The lowest BCUT2D eigenvalue weighted by Crippen LogP contribution is -2.39. The van der Waals surface area contributed by atoms with E-state index in [0.29, 0.717) is 18.0 Å². The molecule has 0 heterocycles. The number of benzene rings is 2. The third kappa shape index (κ3) is 5.81. The fourth-order valence-corrected chi connectivity index (χ4v) is 2.27. The summed E-state index contributed by atoms with van der Waals surface area (Å²) in [4.78, 5) is 26.0. The van der Waals surface area contributed by atoms with E-state index in [4.69, 9.17) is 9.47 Å². The zero-order chi connectivity index (χ0) is 18.8. The topological polar surface area (TPSA) is 67.9 Å². The van der Waals surface area contributed by atoms with Gasteiger partial charge in [-0.2, -0.15) is 0 Å². The smallest absolute Gasteiger partial charge is 0.326 e. The summed E-state index contributed by atoms with van der Waals surface area (Å²) in [6, 6.07) is 15.7. The van der Waals surface area contributed by atoms with Crippen molar-refractivity contribution in [2.75, 3.05) is 30.0 Å². The predicted octanol–water partition coefficient (Wildman–Crippen LogP) is 4.08. The minimum atomic E-state index is -0.470. The van der Waals surface area contributed by atoms with Crippen LogP contribution in [0.3, 0.4) is 0 Å². The van der Waals surface area contributed by atoms with Crippen LogP contribution >= 0.6 is 0 Å². The SMILES string of the molecule is CCCOc1ccc(N(CC(=O)OCC)C(=O)Nc2ccccc2)cc1. The molecule has 0 aliphatic rings. The highest BCUT2D eigenvalue weighted by atomic mass is 16.5. The number of carbonyl (C=O) groups is 2. The van der Waals surface area contributed by atoms with Gasteiger partial charge in [-0.25, -0.2) is 4.79 Å². The van der Waals surface area contributed by atoms with Crippen LogP contribution in [0, 0.1) is 0 Å². The standard InChI is InChI=1S/C20H24N2O4/c1-3-14-26-18-12-10-17(11-13-18)22(15-19(23)25-4-2)20(24)21-16-8-6-5-7-9-16/h5-13H,3-4,14-15H2,1-2H3,(H,21,24). The second-order valence-electron chi connectivity index (χ2n) is 5.53. The molecule has 2 aromatic carbocycles. The molecule has 6 heteroatoms. The van der Waals surface area contributed by atoms with Crippen LogP contribution in [0.4, 0.5) is 16.2 Å². The van der Waals surface area contributed by atoms with E-state index in [1.54, 1.807) is 43.3 Å². The molecule has 0 atom stereocenters. The van der Waals surface area contributed by atoms with Gasteiger partial charge in [-0.3, -0.25) is 9.69 Å². The van der Waals surface area contributed by atoms with Crippen molar-refractivity contribution < 1.29 is 19.1 Å². The number of nitrogens with zero attached hydrogens (tertiary/aromatic N) is 1. The number of ether oxygens (including phenoxy) is 2. The molecule has 0 aliphatic carbocycles. The molecule has 0 unspecified atom stereocenters. The molecule has 0 aliphatic heterocycles. The molecule has 0 bridgehead atoms. The quantitative estimate of drug-likeness (QED) is 0.724. The Labute approximate surface area is 153 Å². The Morgan fingerprint density at radius 3 is 2.31 bits per heavy atom. The molecule has 138 valence electrons. The average molecular weight is 356 g/mol. The summed E-state index contributed by atoms with van der Waals surface area (Å²) in [5.74, 6) is 0.247. The Kier molecular flexibility index (Phi) is 7.49. The second-order valence-corrected chi connectivity index (χ2v) is 5.53. The van der Waals surface area contributed by atoms with Crippen LogP contribution in [-0.2, 0) is 9.53 Å². The van der Waals surface area contributed by atoms with Gasteiger partial charge in [-0.05, 0) is 49.7 Å². The number of rotatable bonds is 8. The highest BCUT2D eigenvalue weighted by molar-refractivity contribution is 6.04. The summed E-state index contributed by atoms with van der Waals surface area (Å²) in [5, 5.41) is 2.78. The highest BCUT2D eigenvalue weighted by Gasteiger charge is 2.20. The third-order valence-corrected chi connectivity index (χ3v) is 3.48. The van der Waals surface area contributed by atoms with E-state index in [0.717, 1.165) is 12.2 Å². The third-order valence-electron chi connectivity index (χ3n) is 3.48. The predicted molar refractivity (Wildman–Crippen MR) is 102 cm³/mol. The summed E-state index contributed by atoms with van der Waals surface area (Å²) >= 11 is 0. The maximum Gasteiger partial charge on any atom is 0.326 e. The van der Waals surface area contributed by atoms with E-state index in [1.165, 1.54) is 4.90 Å². The first-order valence-electron chi connectivity index (χ1n) is 8.66. The number of para-hydroxylation sites is 1. The summed E-state index contributed by atoms with van der Waals surface area (Å²) in [7, 11) is 0. The Morgan fingerprint density at radius 1 is 1.00 bits per heavy atom. The molecule has 26 heavy (non-hydrogen) atoms. The van der Waals surface area contributed by atoms with Crippen LogP contribution in [0.1, 0.15) is 20.3 Å². The van der Waals surface area contributed by atoms with Crippen molar-refractivity contribution in [2.45, 2.75) is 20.3 Å². The van der Waals surface area contributed by atoms with Gasteiger partial charge in [-0.15, -0.1) is 0 Å². The summed E-state index contributed by atoms with van der Waals surface area (Å²) in [6.45, 7) is 4.47. The number of amides is 2. The molecule has 0 saturated heterocycles. The Balaban J connectivity index is 2.16. The number of carbonyl (C=O) groups excluding carboxylic acids is 2. The van der Waals surface area contributed by atoms with Gasteiger partial charge >= 0.3 is 12.0 Å². The van der Waals surface area contributed by atoms with Crippen molar-refractivity contribution >= 4 is 23.4 Å². The van der Waals surface area contributed by atoms with Crippen LogP contribution in [-0.4, -0.2) is 31.8 Å². The van der Waals surface area contributed by atoms with E-state index >= 15 is 0 Å². The van der Waals surface area contributed by atoms with Crippen molar-refractivity contribution in [1.82, 2.24) is 0 Å². The molecule has 2 amide bonds. The monoisotopic (exact) mass is 356 g/mol. The number of anilines is 2. The highest BCUT2D eigenvalue weighted by Crippen LogP contribution is 2.21. The van der Waals surface area contributed by atoms with Crippen LogP contribution < -0.4 is 15.0 Å². The zero-order valence-corrected chi connectivity index (χ0v) is 15.1. The lowest BCUT2D eigenvalue weighted by atomic mass is 10.2. The molecule has 0 fully saturated rings. The van der Waals surface area contributed by atoms with Gasteiger partial charge in [0, 0.05) is 11.4 Å².